The molecule has 3 rings (SSSR count). The summed E-state index contributed by atoms with van der Waals surface area (Å²) < 4.78 is 63.4. The Morgan fingerprint density at radius 2 is 1.89 bits per heavy atom. The van der Waals surface area contributed by atoms with Crippen LogP contribution in [0.1, 0.15) is 60.8 Å². The molecule has 192 valence electrons. The highest BCUT2D eigenvalue weighted by Gasteiger charge is 2.48. The first-order chi connectivity index (χ1) is 16.3. The summed E-state index contributed by atoms with van der Waals surface area (Å²) in [5.74, 6) is -0.846. The zero-order valence-electron chi connectivity index (χ0n) is 19.0. The van der Waals surface area contributed by atoms with Gasteiger partial charge in [-0.3, -0.25) is 13.9 Å². The molecule has 9 nitrogen and oxygen atoms in total. The predicted octanol–water partition coefficient (Wildman–Crippen LogP) is 5.22. The van der Waals surface area contributed by atoms with E-state index in [0.717, 1.165) is 23.6 Å². The van der Waals surface area contributed by atoms with E-state index >= 15 is 0 Å². The minimum Gasteiger partial charge on any atom is -0.450 e. The number of hydrogen-bond acceptors (Lipinski definition) is 7. The summed E-state index contributed by atoms with van der Waals surface area (Å²) in [7, 11) is -2.19. The van der Waals surface area contributed by atoms with Crippen LogP contribution in [0, 0.1) is 6.92 Å². The van der Waals surface area contributed by atoms with Crippen molar-refractivity contribution in [2.45, 2.75) is 68.7 Å². The van der Waals surface area contributed by atoms with Crippen molar-refractivity contribution in [2.24, 2.45) is 0 Å². The lowest BCUT2D eigenvalue weighted by Crippen LogP contribution is -2.56. The second-order valence-electron chi connectivity index (χ2n) is 8.20. The number of carbonyl (C=O) groups is 2. The fourth-order valence-corrected chi connectivity index (χ4v) is 5.76. The highest BCUT2D eigenvalue weighted by atomic mass is 35.5. The fraction of sp³-hybridized carbons (Fsp3) is 0.524. The summed E-state index contributed by atoms with van der Waals surface area (Å²) >= 11 is 6.22. The van der Waals surface area contributed by atoms with Crippen molar-refractivity contribution in [1.82, 2.24) is 10.2 Å². The van der Waals surface area contributed by atoms with Crippen molar-refractivity contribution in [2.75, 3.05) is 11.2 Å². The molecule has 1 N–H and O–H groups in total. The second kappa shape index (κ2) is 10.1. The first-order valence-electron chi connectivity index (χ1n) is 10.6. The van der Waals surface area contributed by atoms with E-state index in [2.05, 4.69) is 10.2 Å². The number of alkyl halides is 3. The van der Waals surface area contributed by atoms with Crippen LogP contribution in [0.4, 0.5) is 24.0 Å². The first kappa shape index (κ1) is 26.9. The van der Waals surface area contributed by atoms with Gasteiger partial charge in [0.1, 0.15) is 5.60 Å². The third-order valence-corrected chi connectivity index (χ3v) is 7.50. The number of carboxylic acid groups (broad SMARTS) is 1. The smallest absolute Gasteiger partial charge is 0.450 e. The highest BCUT2D eigenvalue weighted by molar-refractivity contribution is 7.84. The maximum atomic E-state index is 13.8. The number of ether oxygens (including phenoxy) is 1. The number of aryl methyl sites for hydroxylation is 1. The Morgan fingerprint density at radius 3 is 2.37 bits per heavy atom. The minimum atomic E-state index is -4.86. The Morgan fingerprint density at radius 1 is 1.26 bits per heavy atom. The van der Waals surface area contributed by atoms with E-state index in [-0.39, 0.29) is 11.9 Å². The normalized spacial score (nSPS) is 17.5. The number of hydrogen-bond donors (Lipinski definition) is 1. The van der Waals surface area contributed by atoms with Crippen LogP contribution < -0.4 is 4.90 Å². The third-order valence-electron chi connectivity index (χ3n) is 6.00. The number of aromatic nitrogens is 2. The van der Waals surface area contributed by atoms with Gasteiger partial charge in [-0.1, -0.05) is 23.1 Å². The molecule has 1 heterocycles. The van der Waals surface area contributed by atoms with Gasteiger partial charge in [0.15, 0.2) is 0 Å². The quantitative estimate of drug-likeness (QED) is 0.497. The van der Waals surface area contributed by atoms with Crippen molar-refractivity contribution in [3.8, 4) is 0 Å². The maximum Gasteiger partial charge on any atom is 0.506 e. The van der Waals surface area contributed by atoms with E-state index < -0.39 is 61.7 Å². The van der Waals surface area contributed by atoms with Crippen LogP contribution in [-0.2, 0) is 21.7 Å². The summed E-state index contributed by atoms with van der Waals surface area (Å²) in [5, 5.41) is 16.3. The molecule has 1 aromatic carbocycles. The van der Waals surface area contributed by atoms with Crippen LogP contribution in [0.5, 0.6) is 0 Å². The molecule has 0 bridgehead atoms. The number of halogens is 4. The van der Waals surface area contributed by atoms with Crippen LogP contribution >= 0.6 is 11.6 Å². The summed E-state index contributed by atoms with van der Waals surface area (Å²) in [6.07, 6.45) is -2.70. The van der Waals surface area contributed by atoms with Gasteiger partial charge in [-0.15, -0.1) is 5.10 Å². The average molecular weight is 538 g/mol. The molecule has 2 aromatic rings. The lowest BCUT2D eigenvalue weighted by atomic mass is 9.79. The number of nitrogens with zero attached hydrogens (tertiary/aromatic N) is 3. The van der Waals surface area contributed by atoms with Gasteiger partial charge in [0.2, 0.25) is 5.89 Å². The fourth-order valence-electron chi connectivity index (χ4n) is 4.33. The summed E-state index contributed by atoms with van der Waals surface area (Å²) in [4.78, 5) is 25.5. The standard InChI is InChI=1S/C21H23ClF3N3O6S/c1-11(20(34-19(30)31)9-5-4-6-10-20)28(18-27-26-12(2)33-18)17(29)13-7-8-14(21(23,24)25)16(15(13)22)35(3)32/h7-8,11H,4-6,9-10H2,1-3H3,(H,30,31). The van der Waals surface area contributed by atoms with E-state index in [0.29, 0.717) is 31.7 Å². The van der Waals surface area contributed by atoms with Crippen molar-refractivity contribution >= 4 is 40.5 Å². The Labute approximate surface area is 206 Å². The molecule has 0 saturated heterocycles. The van der Waals surface area contributed by atoms with Crippen molar-refractivity contribution < 1.29 is 41.2 Å². The molecule has 1 aliphatic rings. The minimum absolute atomic E-state index is 0.0933. The predicted molar refractivity (Wildman–Crippen MR) is 119 cm³/mol. The van der Waals surface area contributed by atoms with Crippen LogP contribution in [-0.4, -0.2) is 49.5 Å². The summed E-state index contributed by atoms with van der Waals surface area (Å²) in [5.41, 5.74) is -2.96. The number of benzene rings is 1. The van der Waals surface area contributed by atoms with E-state index in [1.807, 2.05) is 0 Å². The molecule has 1 fully saturated rings. The van der Waals surface area contributed by atoms with E-state index in [1.54, 1.807) is 0 Å². The van der Waals surface area contributed by atoms with Gasteiger partial charge in [0.05, 0.1) is 37.9 Å². The van der Waals surface area contributed by atoms with Gasteiger partial charge in [-0.05, 0) is 44.7 Å². The number of amides is 1. The highest BCUT2D eigenvalue weighted by Crippen LogP contribution is 2.41. The SMILES string of the molecule is Cc1nnc(N(C(=O)c2ccc(C(F)(F)F)c(S(C)=O)c2Cl)C(C)C2(OC(=O)O)CCCCC2)o1. The van der Waals surface area contributed by atoms with Gasteiger partial charge in [-0.25, -0.2) is 4.79 Å². The summed E-state index contributed by atoms with van der Waals surface area (Å²) in [6.45, 7) is 3.00. The Balaban J connectivity index is 2.17. The molecule has 0 spiro atoms. The molecule has 14 heteroatoms. The van der Waals surface area contributed by atoms with Gasteiger partial charge < -0.3 is 14.3 Å². The molecule has 2 unspecified atom stereocenters. The summed E-state index contributed by atoms with van der Waals surface area (Å²) in [6, 6.07) is 0.189. The molecular formula is C21H23ClF3N3O6S. The molecule has 35 heavy (non-hydrogen) atoms. The van der Waals surface area contributed by atoms with Crippen molar-refractivity contribution in [3.05, 3.63) is 34.2 Å². The molecule has 1 amide bonds. The van der Waals surface area contributed by atoms with E-state index in [4.69, 9.17) is 20.8 Å². The van der Waals surface area contributed by atoms with E-state index in [1.165, 1.54) is 13.8 Å². The topological polar surface area (TPSA) is 123 Å². The number of rotatable bonds is 6. The maximum absolute atomic E-state index is 13.8. The van der Waals surface area contributed by atoms with Crippen LogP contribution in [0.25, 0.3) is 0 Å². The lowest BCUT2D eigenvalue weighted by Gasteiger charge is -2.43. The molecule has 1 aliphatic carbocycles. The Bertz CT molecular complexity index is 1150. The largest absolute Gasteiger partial charge is 0.506 e. The average Bonchev–Trinajstić information content (AvgIpc) is 3.18. The Hall–Kier alpha value is -2.67. The van der Waals surface area contributed by atoms with Crippen LogP contribution in [0.2, 0.25) is 5.02 Å². The molecule has 0 aliphatic heterocycles. The Kier molecular flexibility index (Phi) is 7.80. The van der Waals surface area contributed by atoms with Gasteiger partial charge >= 0.3 is 18.3 Å². The zero-order chi connectivity index (χ0) is 26.1. The molecule has 1 saturated carbocycles. The molecule has 0 radical (unpaired) electrons. The van der Waals surface area contributed by atoms with Crippen molar-refractivity contribution in [1.29, 1.82) is 0 Å². The first-order valence-corrected chi connectivity index (χ1v) is 12.5. The monoisotopic (exact) mass is 537 g/mol. The lowest BCUT2D eigenvalue weighted by molar-refractivity contribution is -0.139. The molecule has 1 aromatic heterocycles. The van der Waals surface area contributed by atoms with Crippen LogP contribution in [0.15, 0.2) is 21.4 Å². The van der Waals surface area contributed by atoms with Gasteiger partial charge in [0.25, 0.3) is 5.91 Å². The third kappa shape index (κ3) is 5.45. The number of carbonyl (C=O) groups excluding carboxylic acids is 1. The van der Waals surface area contributed by atoms with Gasteiger partial charge in [0, 0.05) is 13.2 Å². The number of anilines is 1. The molecular weight excluding hydrogens is 515 g/mol. The zero-order valence-corrected chi connectivity index (χ0v) is 20.6. The van der Waals surface area contributed by atoms with Gasteiger partial charge in [-0.2, -0.15) is 13.2 Å². The molecule has 2 atom stereocenters. The van der Waals surface area contributed by atoms with E-state index in [9.17, 15) is 32.1 Å². The van der Waals surface area contributed by atoms with Crippen molar-refractivity contribution in [3.63, 3.8) is 0 Å². The van der Waals surface area contributed by atoms with Crippen LogP contribution in [0.3, 0.4) is 0 Å². The second-order valence-corrected chi connectivity index (χ2v) is 9.90.